The van der Waals surface area contributed by atoms with Gasteiger partial charge in [-0.3, -0.25) is 4.79 Å². The number of carbonyl (C=O) groups excluding carboxylic acids is 1. The highest BCUT2D eigenvalue weighted by Crippen LogP contribution is 2.39. The van der Waals surface area contributed by atoms with E-state index < -0.39 is 5.56 Å². The minimum absolute atomic E-state index is 0.133. The van der Waals surface area contributed by atoms with E-state index in [1.807, 2.05) is 24.1 Å². The number of amides is 1. The standard InChI is InChI=1S/C13H14N2O3S3/c1-15(2-3-16)11-6-9-8(20-11)4-7(19-9)5-10-12(17)14-13(18)21-10/h4-6,13,16,18H,2-3H2,1H3,(H,14,17)/b10-5-. The normalized spacial score (nSPS) is 20.4. The monoisotopic (exact) mass is 342 g/mol. The van der Waals surface area contributed by atoms with Crippen LogP contribution < -0.4 is 10.2 Å². The van der Waals surface area contributed by atoms with Gasteiger partial charge in [0.15, 0.2) is 5.56 Å². The molecular formula is C13H14N2O3S3. The van der Waals surface area contributed by atoms with Crippen LogP contribution in [0, 0.1) is 0 Å². The number of thiophene rings is 2. The molecule has 2 aromatic rings. The summed E-state index contributed by atoms with van der Waals surface area (Å²) in [6.45, 7) is 0.743. The Hall–Kier alpha value is -1.06. The van der Waals surface area contributed by atoms with E-state index in [4.69, 9.17) is 5.11 Å². The number of fused-ring (bicyclic) bond motifs is 1. The molecule has 1 saturated heterocycles. The number of thioether (sulfide) groups is 1. The van der Waals surface area contributed by atoms with Crippen LogP contribution in [0.25, 0.3) is 15.5 Å². The summed E-state index contributed by atoms with van der Waals surface area (Å²) in [4.78, 5) is 15.1. The zero-order valence-corrected chi connectivity index (χ0v) is 13.6. The smallest absolute Gasteiger partial charge is 0.260 e. The second-order valence-electron chi connectivity index (χ2n) is 4.56. The molecule has 3 rings (SSSR count). The number of likely N-dealkylation sites (N-methyl/N-ethyl adjacent to an activating group) is 1. The fraction of sp³-hybridized carbons (Fsp3) is 0.308. The summed E-state index contributed by atoms with van der Waals surface area (Å²) in [6.07, 6.45) is 1.81. The highest BCUT2D eigenvalue weighted by atomic mass is 32.2. The molecule has 0 aromatic carbocycles. The quantitative estimate of drug-likeness (QED) is 0.740. The van der Waals surface area contributed by atoms with Gasteiger partial charge in [-0.25, -0.2) is 0 Å². The van der Waals surface area contributed by atoms with Crippen molar-refractivity contribution in [2.75, 3.05) is 25.1 Å². The number of nitrogens with zero attached hydrogens (tertiary/aromatic N) is 1. The molecule has 5 nitrogen and oxygen atoms in total. The van der Waals surface area contributed by atoms with Gasteiger partial charge in [0.1, 0.15) is 0 Å². The van der Waals surface area contributed by atoms with Crippen LogP contribution in [0.15, 0.2) is 17.0 Å². The lowest BCUT2D eigenvalue weighted by atomic mass is 10.4. The molecule has 3 heterocycles. The van der Waals surface area contributed by atoms with Crippen LogP contribution in [-0.4, -0.2) is 41.9 Å². The Labute approximate surface area is 133 Å². The minimum Gasteiger partial charge on any atom is -0.395 e. The van der Waals surface area contributed by atoms with Crippen molar-refractivity contribution in [3.63, 3.8) is 0 Å². The van der Waals surface area contributed by atoms with Gasteiger partial charge in [0, 0.05) is 27.9 Å². The Morgan fingerprint density at radius 1 is 1.38 bits per heavy atom. The average Bonchev–Trinajstić information content (AvgIpc) is 3.04. The van der Waals surface area contributed by atoms with Gasteiger partial charge in [-0.2, -0.15) is 0 Å². The summed E-state index contributed by atoms with van der Waals surface area (Å²) in [5.41, 5.74) is -0.844. The van der Waals surface area contributed by atoms with E-state index in [0.717, 1.165) is 31.0 Å². The molecule has 8 heteroatoms. The van der Waals surface area contributed by atoms with Gasteiger partial charge < -0.3 is 20.4 Å². The lowest BCUT2D eigenvalue weighted by Crippen LogP contribution is -2.23. The van der Waals surface area contributed by atoms with Gasteiger partial charge in [0.2, 0.25) is 0 Å². The molecule has 0 bridgehead atoms. The molecule has 0 radical (unpaired) electrons. The predicted molar refractivity (Wildman–Crippen MR) is 89.8 cm³/mol. The van der Waals surface area contributed by atoms with E-state index in [1.165, 1.54) is 0 Å². The maximum absolute atomic E-state index is 11.6. The van der Waals surface area contributed by atoms with Crippen molar-refractivity contribution in [1.29, 1.82) is 0 Å². The number of anilines is 1. The Kier molecular flexibility index (Phi) is 4.23. The third-order valence-corrected chi connectivity index (χ3v) is 6.27. The van der Waals surface area contributed by atoms with Crippen LogP contribution in [-0.2, 0) is 4.79 Å². The zero-order chi connectivity index (χ0) is 15.0. The molecule has 0 spiro atoms. The first kappa shape index (κ1) is 14.9. The second-order valence-corrected chi connectivity index (χ2v) is 7.86. The first-order valence-electron chi connectivity index (χ1n) is 6.29. The van der Waals surface area contributed by atoms with Gasteiger partial charge in [-0.1, -0.05) is 11.8 Å². The van der Waals surface area contributed by atoms with Crippen LogP contribution in [0.4, 0.5) is 5.00 Å². The molecule has 1 fully saturated rings. The minimum atomic E-state index is -0.844. The first-order valence-corrected chi connectivity index (χ1v) is 8.81. The fourth-order valence-corrected chi connectivity index (χ4v) is 5.15. The largest absolute Gasteiger partial charge is 0.395 e. The predicted octanol–water partition coefficient (Wildman–Crippen LogP) is 1.87. The maximum Gasteiger partial charge on any atom is 0.260 e. The summed E-state index contributed by atoms with van der Waals surface area (Å²) in [5, 5.41) is 21.9. The molecular weight excluding hydrogens is 328 g/mol. The first-order chi connectivity index (χ1) is 10.1. The van der Waals surface area contributed by atoms with Crippen LogP contribution >= 0.6 is 34.4 Å². The molecule has 3 N–H and O–H groups in total. The third-order valence-electron chi connectivity index (χ3n) is 3.02. The number of aliphatic hydroxyl groups excluding tert-OH is 2. The molecule has 0 saturated carbocycles. The molecule has 1 atom stereocenters. The topological polar surface area (TPSA) is 72.8 Å². The summed E-state index contributed by atoms with van der Waals surface area (Å²) >= 11 is 4.40. The number of nitrogens with one attached hydrogen (secondary N) is 1. The number of hydrogen-bond donors (Lipinski definition) is 3. The van der Waals surface area contributed by atoms with Gasteiger partial charge in [-0.05, 0) is 18.2 Å². The zero-order valence-electron chi connectivity index (χ0n) is 11.2. The van der Waals surface area contributed by atoms with Crippen LogP contribution in [0.3, 0.4) is 0 Å². The third kappa shape index (κ3) is 3.09. The Morgan fingerprint density at radius 3 is 2.76 bits per heavy atom. The molecule has 1 unspecified atom stereocenters. The van der Waals surface area contributed by atoms with Crippen molar-refractivity contribution < 1.29 is 15.0 Å². The van der Waals surface area contributed by atoms with Gasteiger partial charge in [0.25, 0.3) is 5.91 Å². The fourth-order valence-electron chi connectivity index (χ4n) is 1.98. The van der Waals surface area contributed by atoms with E-state index in [-0.39, 0.29) is 12.5 Å². The number of hydrogen-bond acceptors (Lipinski definition) is 7. The number of carbonyl (C=O) groups is 1. The maximum atomic E-state index is 11.6. The van der Waals surface area contributed by atoms with Gasteiger partial charge >= 0.3 is 0 Å². The lowest BCUT2D eigenvalue weighted by Gasteiger charge is -2.14. The van der Waals surface area contributed by atoms with E-state index in [0.29, 0.717) is 11.4 Å². The SMILES string of the molecule is CN(CCO)c1cc2sc(/C=C3\SC(O)NC3=O)cc2s1. The molecule has 1 amide bonds. The molecule has 2 aromatic heterocycles. The summed E-state index contributed by atoms with van der Waals surface area (Å²) in [7, 11) is 1.95. The van der Waals surface area contributed by atoms with Crippen molar-refractivity contribution in [3.05, 3.63) is 21.9 Å². The highest BCUT2D eigenvalue weighted by molar-refractivity contribution is 8.05. The summed E-state index contributed by atoms with van der Waals surface area (Å²) in [6, 6.07) is 4.14. The average molecular weight is 342 g/mol. The van der Waals surface area contributed by atoms with Crippen molar-refractivity contribution in [2.24, 2.45) is 0 Å². The summed E-state index contributed by atoms with van der Waals surface area (Å²) < 4.78 is 2.33. The Balaban J connectivity index is 1.84. The molecule has 21 heavy (non-hydrogen) atoms. The molecule has 1 aliphatic heterocycles. The van der Waals surface area contributed by atoms with Gasteiger partial charge in [-0.15, -0.1) is 22.7 Å². The second kappa shape index (κ2) is 5.98. The van der Waals surface area contributed by atoms with Crippen molar-refractivity contribution >= 4 is 60.8 Å². The number of aliphatic hydroxyl groups is 2. The number of rotatable bonds is 4. The Morgan fingerprint density at radius 2 is 2.14 bits per heavy atom. The van der Waals surface area contributed by atoms with Crippen molar-refractivity contribution in [1.82, 2.24) is 5.32 Å². The van der Waals surface area contributed by atoms with Crippen LogP contribution in [0.5, 0.6) is 0 Å². The lowest BCUT2D eigenvalue weighted by molar-refractivity contribution is -0.117. The van der Waals surface area contributed by atoms with E-state index in [9.17, 15) is 9.90 Å². The molecule has 112 valence electrons. The van der Waals surface area contributed by atoms with Crippen LogP contribution in [0.1, 0.15) is 4.88 Å². The van der Waals surface area contributed by atoms with E-state index >= 15 is 0 Å². The van der Waals surface area contributed by atoms with E-state index in [2.05, 4.69) is 11.4 Å². The van der Waals surface area contributed by atoms with Gasteiger partial charge in [0.05, 0.1) is 16.5 Å². The molecule has 1 aliphatic rings. The molecule has 0 aliphatic carbocycles. The summed E-state index contributed by atoms with van der Waals surface area (Å²) in [5.74, 6) is -0.229. The van der Waals surface area contributed by atoms with Crippen molar-refractivity contribution in [2.45, 2.75) is 5.56 Å². The highest BCUT2D eigenvalue weighted by Gasteiger charge is 2.25. The van der Waals surface area contributed by atoms with Crippen LogP contribution in [0.2, 0.25) is 0 Å². The van der Waals surface area contributed by atoms with Crippen molar-refractivity contribution in [3.8, 4) is 0 Å². The van der Waals surface area contributed by atoms with E-state index in [1.54, 1.807) is 22.7 Å². The Bertz CT molecular complexity index is 675.